The maximum Gasteiger partial charge on any atom is 0.410 e. The monoisotopic (exact) mass is 290 g/mol. The molecule has 0 N–H and O–H groups in total. The summed E-state index contributed by atoms with van der Waals surface area (Å²) in [4.78, 5) is 26.6. The molecule has 1 saturated heterocycles. The van der Waals surface area contributed by atoms with Gasteiger partial charge in [0, 0.05) is 45.6 Å². The van der Waals surface area contributed by atoms with Crippen LogP contribution in [0.15, 0.2) is 0 Å². The zero-order chi connectivity index (χ0) is 14.5. The molecule has 19 heavy (non-hydrogen) atoms. The number of nitrogens with zero attached hydrogens (tertiary/aromatic N) is 2. The maximum absolute atomic E-state index is 11.8. The van der Waals surface area contributed by atoms with E-state index >= 15 is 0 Å². The molecule has 1 aliphatic rings. The molecule has 0 atom stereocenters. The lowest BCUT2D eigenvalue weighted by Gasteiger charge is -2.35. The Balaban J connectivity index is 2.29. The zero-order valence-electron chi connectivity index (χ0n) is 11.7. The third kappa shape index (κ3) is 6.15. The van der Waals surface area contributed by atoms with Crippen LogP contribution in [0.1, 0.15) is 27.2 Å². The minimum Gasteiger partial charge on any atom is -0.444 e. The first-order valence-electron chi connectivity index (χ1n) is 6.36. The predicted octanol–water partition coefficient (Wildman–Crippen LogP) is 1.32. The van der Waals surface area contributed by atoms with E-state index in [0.29, 0.717) is 26.1 Å². The normalized spacial score (nSPS) is 17.2. The van der Waals surface area contributed by atoms with E-state index in [0.717, 1.165) is 13.1 Å². The van der Waals surface area contributed by atoms with E-state index in [1.165, 1.54) is 0 Å². The fourth-order valence-corrected chi connectivity index (χ4v) is 1.87. The molecule has 0 spiro atoms. The van der Waals surface area contributed by atoms with Crippen molar-refractivity contribution in [1.82, 2.24) is 9.80 Å². The molecule has 1 rings (SSSR count). The summed E-state index contributed by atoms with van der Waals surface area (Å²) >= 11 is 3.46. The Morgan fingerprint density at radius 1 is 1.16 bits per heavy atom. The van der Waals surface area contributed by atoms with Gasteiger partial charge in [0.1, 0.15) is 5.60 Å². The van der Waals surface area contributed by atoms with Gasteiger partial charge in [0.15, 0.2) is 0 Å². The van der Waals surface area contributed by atoms with Gasteiger partial charge in [-0.3, -0.25) is 9.69 Å². The molecule has 0 aromatic rings. The van der Waals surface area contributed by atoms with Crippen LogP contribution >= 0.6 is 12.9 Å². The van der Waals surface area contributed by atoms with Gasteiger partial charge in [-0.2, -0.15) is 0 Å². The van der Waals surface area contributed by atoms with Crippen molar-refractivity contribution in [2.75, 3.05) is 32.7 Å². The molecule has 0 unspecified atom stereocenters. The van der Waals surface area contributed by atoms with Crippen LogP contribution in [0.5, 0.6) is 0 Å². The number of carbonyl (C=O) groups is 2. The highest BCUT2D eigenvalue weighted by Gasteiger charge is 2.25. The van der Waals surface area contributed by atoms with Crippen LogP contribution in [-0.2, 0) is 13.7 Å². The molecule has 6 nitrogen and oxygen atoms in total. The molecule has 0 bridgehead atoms. The summed E-state index contributed by atoms with van der Waals surface area (Å²) in [6.07, 6.45) is 0.0394. The minimum atomic E-state index is -0.468. The van der Waals surface area contributed by atoms with Crippen molar-refractivity contribution in [2.24, 2.45) is 0 Å². The number of hydrogen-bond donors (Lipinski definition) is 1. The average Bonchev–Trinajstić information content (AvgIpc) is 2.34. The van der Waals surface area contributed by atoms with E-state index in [1.54, 1.807) is 4.90 Å². The summed E-state index contributed by atoms with van der Waals surface area (Å²) in [5.74, 6) is -0.335. The molecule has 110 valence electrons. The lowest BCUT2D eigenvalue weighted by atomic mass is 10.2. The Morgan fingerprint density at radius 3 is 2.21 bits per heavy atom. The first-order valence-corrected chi connectivity index (χ1v) is 6.73. The average molecular weight is 290 g/mol. The van der Waals surface area contributed by atoms with Crippen molar-refractivity contribution in [2.45, 2.75) is 32.8 Å². The standard InChI is InChI=1S/C12H22N2O4S/c1-12(2,3)17-11(16)14-8-6-13(7-9-14)5-4-10(15)18-19/h19H,4-9H2,1-3H3. The van der Waals surface area contributed by atoms with E-state index in [-0.39, 0.29) is 12.1 Å². The first kappa shape index (κ1) is 16.1. The van der Waals surface area contributed by atoms with Crippen LogP contribution in [0.3, 0.4) is 0 Å². The van der Waals surface area contributed by atoms with E-state index in [2.05, 4.69) is 22.0 Å². The lowest BCUT2D eigenvalue weighted by Crippen LogP contribution is -2.50. The highest BCUT2D eigenvalue weighted by molar-refractivity contribution is 7.75. The fraction of sp³-hybridized carbons (Fsp3) is 0.833. The van der Waals surface area contributed by atoms with Gasteiger partial charge in [-0.1, -0.05) is 0 Å². The van der Waals surface area contributed by atoms with Gasteiger partial charge < -0.3 is 13.8 Å². The summed E-state index contributed by atoms with van der Waals surface area (Å²) in [6, 6.07) is 0. The van der Waals surface area contributed by atoms with Gasteiger partial charge in [0.25, 0.3) is 0 Å². The molecule has 1 amide bonds. The van der Waals surface area contributed by atoms with E-state index < -0.39 is 5.60 Å². The Labute approximate surface area is 119 Å². The van der Waals surface area contributed by atoms with Crippen LogP contribution in [0.25, 0.3) is 0 Å². The van der Waals surface area contributed by atoms with E-state index in [9.17, 15) is 9.59 Å². The minimum absolute atomic E-state index is 0.276. The molecule has 0 aromatic carbocycles. The van der Waals surface area contributed by atoms with Crippen molar-refractivity contribution in [3.8, 4) is 0 Å². The van der Waals surface area contributed by atoms with Crippen LogP contribution in [0.4, 0.5) is 4.79 Å². The number of carbonyl (C=O) groups excluding carboxylic acids is 2. The molecule has 7 heteroatoms. The van der Waals surface area contributed by atoms with Gasteiger partial charge in [0.05, 0.1) is 6.42 Å². The zero-order valence-corrected chi connectivity index (χ0v) is 12.6. The van der Waals surface area contributed by atoms with Crippen molar-refractivity contribution < 1.29 is 18.5 Å². The Kier molecular flexibility index (Phi) is 5.93. The topological polar surface area (TPSA) is 59.1 Å². The Bertz CT molecular complexity index is 322. The summed E-state index contributed by atoms with van der Waals surface area (Å²) < 4.78 is 9.61. The Morgan fingerprint density at radius 2 is 1.74 bits per heavy atom. The summed E-state index contributed by atoms with van der Waals surface area (Å²) in [6.45, 7) is 8.88. The van der Waals surface area contributed by atoms with Crippen molar-refractivity contribution >= 4 is 25.0 Å². The third-order valence-electron chi connectivity index (χ3n) is 2.76. The molecular weight excluding hydrogens is 268 g/mol. The van der Waals surface area contributed by atoms with Gasteiger partial charge in [-0.15, -0.1) is 0 Å². The van der Waals surface area contributed by atoms with Gasteiger partial charge in [-0.25, -0.2) is 4.79 Å². The van der Waals surface area contributed by atoms with Gasteiger partial charge in [0.2, 0.25) is 0 Å². The van der Waals surface area contributed by atoms with Crippen molar-refractivity contribution in [3.05, 3.63) is 0 Å². The maximum atomic E-state index is 11.8. The van der Waals surface area contributed by atoms with Crippen molar-refractivity contribution in [3.63, 3.8) is 0 Å². The van der Waals surface area contributed by atoms with Crippen LogP contribution < -0.4 is 0 Å². The molecule has 0 aliphatic carbocycles. The highest BCUT2D eigenvalue weighted by atomic mass is 32.1. The van der Waals surface area contributed by atoms with Crippen LogP contribution in [-0.4, -0.2) is 60.2 Å². The molecule has 0 radical (unpaired) electrons. The Hall–Kier alpha value is -0.950. The quantitative estimate of drug-likeness (QED) is 0.627. The number of ether oxygens (including phenoxy) is 1. The molecule has 1 heterocycles. The fourth-order valence-electron chi connectivity index (χ4n) is 1.78. The second-order valence-corrected chi connectivity index (χ2v) is 5.70. The van der Waals surface area contributed by atoms with Crippen LogP contribution in [0.2, 0.25) is 0 Å². The van der Waals surface area contributed by atoms with Crippen LogP contribution in [0, 0.1) is 0 Å². The lowest BCUT2D eigenvalue weighted by molar-refractivity contribution is -0.133. The third-order valence-corrected chi connectivity index (χ3v) is 2.96. The highest BCUT2D eigenvalue weighted by Crippen LogP contribution is 2.12. The van der Waals surface area contributed by atoms with Gasteiger partial charge in [-0.05, 0) is 20.8 Å². The predicted molar refractivity (Wildman–Crippen MR) is 73.9 cm³/mol. The number of rotatable bonds is 3. The summed E-state index contributed by atoms with van der Waals surface area (Å²) in [5.41, 5.74) is -0.468. The smallest absolute Gasteiger partial charge is 0.410 e. The van der Waals surface area contributed by atoms with E-state index in [1.807, 2.05) is 20.8 Å². The van der Waals surface area contributed by atoms with Crippen molar-refractivity contribution in [1.29, 1.82) is 0 Å². The number of thiol groups is 1. The number of amides is 1. The molecule has 1 fully saturated rings. The first-order chi connectivity index (χ1) is 8.81. The summed E-state index contributed by atoms with van der Waals surface area (Å²) in [5, 5.41) is 0. The second kappa shape index (κ2) is 7.00. The molecule has 0 aromatic heterocycles. The van der Waals surface area contributed by atoms with E-state index in [4.69, 9.17) is 4.74 Å². The second-order valence-electron chi connectivity index (χ2n) is 5.52. The van der Waals surface area contributed by atoms with Gasteiger partial charge >= 0.3 is 12.1 Å². The number of piperazine rings is 1. The largest absolute Gasteiger partial charge is 0.444 e. The molecule has 1 aliphatic heterocycles. The number of hydrogen-bond acceptors (Lipinski definition) is 6. The molecular formula is C12H22N2O4S. The SMILES string of the molecule is CC(C)(C)OC(=O)N1CCN(CCC(=O)OS)CC1. The summed E-state index contributed by atoms with van der Waals surface area (Å²) in [7, 11) is 0. The molecule has 0 saturated carbocycles.